The number of carbonyl (C=O) groups excluding carboxylic acids is 2. The number of likely N-dealkylation sites (tertiary alicyclic amines) is 1. The Hall–Kier alpha value is -1.84. The lowest BCUT2D eigenvalue weighted by Gasteiger charge is -2.62. The second kappa shape index (κ2) is 9.32. The molecule has 3 aliphatic carbocycles. The van der Waals surface area contributed by atoms with Crippen LogP contribution in [0.3, 0.4) is 0 Å². The van der Waals surface area contributed by atoms with Crippen LogP contribution >= 0.6 is 0 Å². The number of rotatable bonds is 6. The maximum atomic E-state index is 12.4. The molecule has 0 bridgehead atoms. The Bertz CT molecular complexity index is 900. The molecule has 4 aliphatic rings. The third-order valence-corrected chi connectivity index (χ3v) is 10.9. The molecule has 4 heteroatoms. The van der Waals surface area contributed by atoms with E-state index in [2.05, 4.69) is 25.8 Å². The predicted octanol–water partition coefficient (Wildman–Crippen LogP) is 6.63. The first-order chi connectivity index (χ1) is 16.3. The summed E-state index contributed by atoms with van der Waals surface area (Å²) in [6.07, 6.45) is 13.6. The lowest BCUT2D eigenvalue weighted by Crippen LogP contribution is -2.61. The summed E-state index contributed by atoms with van der Waals surface area (Å²) in [6, 6.07) is 9.85. The van der Waals surface area contributed by atoms with Crippen molar-refractivity contribution in [2.45, 2.75) is 96.9 Å². The Labute approximate surface area is 205 Å². The van der Waals surface area contributed by atoms with E-state index >= 15 is 0 Å². The van der Waals surface area contributed by atoms with E-state index in [9.17, 15) is 9.59 Å². The maximum Gasteiger partial charge on any atom is 0.311 e. The Morgan fingerprint density at radius 2 is 1.74 bits per heavy atom. The van der Waals surface area contributed by atoms with Crippen molar-refractivity contribution in [3.8, 4) is 5.75 Å². The monoisotopic (exact) mass is 465 g/mol. The van der Waals surface area contributed by atoms with E-state index in [4.69, 9.17) is 4.74 Å². The zero-order chi connectivity index (χ0) is 23.9. The van der Waals surface area contributed by atoms with Gasteiger partial charge in [-0.1, -0.05) is 38.5 Å². The normalized spacial score (nSPS) is 39.2. The number of fused-ring (bicyclic) bond motifs is 5. The van der Waals surface area contributed by atoms with Crippen LogP contribution in [0.1, 0.15) is 90.9 Å². The lowest BCUT2D eigenvalue weighted by atomic mass is 9.46. The highest BCUT2D eigenvalue weighted by molar-refractivity contribution is 5.77. The molecule has 3 saturated carbocycles. The maximum absolute atomic E-state index is 12.4. The largest absolute Gasteiger partial charge is 0.427 e. The molecule has 7 atom stereocenters. The van der Waals surface area contributed by atoms with Crippen molar-refractivity contribution in [3.05, 3.63) is 30.3 Å². The fourth-order valence-corrected chi connectivity index (χ4v) is 9.06. The number of nitrogens with zero attached hydrogens (tertiary/aromatic N) is 1. The van der Waals surface area contributed by atoms with Gasteiger partial charge in [-0.15, -0.1) is 0 Å². The number of piperidine rings is 1. The van der Waals surface area contributed by atoms with Gasteiger partial charge in [-0.05, 0) is 104 Å². The van der Waals surface area contributed by atoms with Crippen LogP contribution in [-0.4, -0.2) is 29.9 Å². The van der Waals surface area contributed by atoms with Gasteiger partial charge >= 0.3 is 5.97 Å². The molecule has 186 valence electrons. The Morgan fingerprint density at radius 3 is 2.53 bits per heavy atom. The van der Waals surface area contributed by atoms with Crippen molar-refractivity contribution in [3.63, 3.8) is 0 Å². The molecular formula is C30H43NO3. The van der Waals surface area contributed by atoms with E-state index in [-0.39, 0.29) is 5.97 Å². The van der Waals surface area contributed by atoms with Crippen molar-refractivity contribution >= 4 is 11.9 Å². The van der Waals surface area contributed by atoms with Crippen LogP contribution in [0.2, 0.25) is 0 Å². The van der Waals surface area contributed by atoms with Crippen molar-refractivity contribution in [1.29, 1.82) is 0 Å². The van der Waals surface area contributed by atoms with Crippen LogP contribution in [0, 0.1) is 34.5 Å². The van der Waals surface area contributed by atoms with Crippen LogP contribution in [0.15, 0.2) is 30.3 Å². The van der Waals surface area contributed by atoms with Crippen molar-refractivity contribution < 1.29 is 14.3 Å². The highest BCUT2D eigenvalue weighted by Gasteiger charge is 2.60. The van der Waals surface area contributed by atoms with Gasteiger partial charge < -0.3 is 9.64 Å². The van der Waals surface area contributed by atoms with E-state index < -0.39 is 0 Å². The minimum atomic E-state index is -0.108. The topological polar surface area (TPSA) is 46.6 Å². The van der Waals surface area contributed by atoms with Gasteiger partial charge in [0.05, 0.1) is 0 Å². The van der Waals surface area contributed by atoms with Gasteiger partial charge in [0, 0.05) is 25.9 Å². The molecule has 2 unspecified atom stereocenters. The number of hydrogen-bond acceptors (Lipinski definition) is 3. The quantitative estimate of drug-likeness (QED) is 0.269. The van der Waals surface area contributed by atoms with Gasteiger partial charge in [-0.2, -0.15) is 0 Å². The van der Waals surface area contributed by atoms with Gasteiger partial charge in [0.25, 0.3) is 0 Å². The van der Waals surface area contributed by atoms with Gasteiger partial charge in [0.1, 0.15) is 5.75 Å². The van der Waals surface area contributed by atoms with Crippen molar-refractivity contribution in [2.24, 2.45) is 34.5 Å². The Morgan fingerprint density at radius 1 is 0.971 bits per heavy atom. The van der Waals surface area contributed by atoms with Gasteiger partial charge in [0.15, 0.2) is 0 Å². The molecule has 1 aromatic rings. The number of amides is 1. The van der Waals surface area contributed by atoms with E-state index in [1.807, 2.05) is 30.3 Å². The molecule has 0 aromatic heterocycles. The smallest absolute Gasteiger partial charge is 0.311 e. The molecule has 4 fully saturated rings. The van der Waals surface area contributed by atoms with E-state index in [1.165, 1.54) is 44.9 Å². The van der Waals surface area contributed by atoms with E-state index in [0.29, 0.717) is 34.9 Å². The van der Waals surface area contributed by atoms with E-state index in [0.717, 1.165) is 49.4 Å². The minimum Gasteiger partial charge on any atom is -0.427 e. The zero-order valence-electron chi connectivity index (χ0n) is 21.4. The average molecular weight is 466 g/mol. The second-order valence-electron chi connectivity index (χ2n) is 12.3. The molecule has 1 aromatic carbocycles. The van der Waals surface area contributed by atoms with Crippen molar-refractivity contribution in [2.75, 3.05) is 7.05 Å². The first kappa shape index (κ1) is 23.9. The molecule has 4 nitrogen and oxygen atoms in total. The van der Waals surface area contributed by atoms with Crippen LogP contribution in [-0.2, 0) is 9.59 Å². The third-order valence-electron chi connectivity index (χ3n) is 10.9. The summed E-state index contributed by atoms with van der Waals surface area (Å²) < 4.78 is 5.45. The second-order valence-corrected chi connectivity index (χ2v) is 12.3. The van der Waals surface area contributed by atoms with E-state index in [1.54, 1.807) is 0 Å². The fraction of sp³-hybridized carbons (Fsp3) is 0.733. The van der Waals surface area contributed by atoms with Crippen molar-refractivity contribution in [1.82, 2.24) is 4.90 Å². The fourth-order valence-electron chi connectivity index (χ4n) is 9.06. The van der Waals surface area contributed by atoms with Crippen LogP contribution < -0.4 is 4.74 Å². The van der Waals surface area contributed by atoms with Crippen LogP contribution in [0.25, 0.3) is 0 Å². The molecule has 1 saturated heterocycles. The van der Waals surface area contributed by atoms with Gasteiger partial charge in [0.2, 0.25) is 5.91 Å². The molecule has 34 heavy (non-hydrogen) atoms. The molecule has 5 rings (SSSR count). The SMILES string of the molecule is CN1C(=O)CC[C@@]2(C)C1CC[C@@H]1[C@H]2CC[C@]2(C)C(CCCCC(=O)Oc3ccccc3)CC[C@@H]12. The van der Waals surface area contributed by atoms with Gasteiger partial charge in [-0.25, -0.2) is 0 Å². The average Bonchev–Trinajstić information content (AvgIpc) is 3.16. The number of esters is 1. The predicted molar refractivity (Wildman–Crippen MR) is 134 cm³/mol. The minimum absolute atomic E-state index is 0.108. The summed E-state index contributed by atoms with van der Waals surface area (Å²) in [5, 5.41) is 0. The van der Waals surface area contributed by atoms with Crippen LogP contribution in [0.4, 0.5) is 0 Å². The number of para-hydroxylation sites is 1. The Kier molecular flexibility index (Phi) is 6.54. The highest BCUT2D eigenvalue weighted by atomic mass is 16.5. The molecule has 0 radical (unpaired) electrons. The molecule has 0 spiro atoms. The summed E-state index contributed by atoms with van der Waals surface area (Å²) in [5.74, 6) is 4.16. The van der Waals surface area contributed by atoms with Crippen LogP contribution in [0.5, 0.6) is 5.75 Å². The lowest BCUT2D eigenvalue weighted by molar-refractivity contribution is -0.158. The molecule has 1 heterocycles. The number of ether oxygens (including phenoxy) is 1. The molecular weight excluding hydrogens is 422 g/mol. The summed E-state index contributed by atoms with van der Waals surface area (Å²) in [6.45, 7) is 5.11. The Balaban J connectivity index is 1.16. The van der Waals surface area contributed by atoms with Gasteiger partial charge in [-0.3, -0.25) is 9.59 Å². The third kappa shape index (κ3) is 4.09. The molecule has 1 aliphatic heterocycles. The summed E-state index contributed by atoms with van der Waals surface area (Å²) >= 11 is 0. The highest BCUT2D eigenvalue weighted by Crippen LogP contribution is 2.66. The summed E-state index contributed by atoms with van der Waals surface area (Å²) in [4.78, 5) is 26.7. The number of benzene rings is 1. The first-order valence-corrected chi connectivity index (χ1v) is 13.8. The standard InChI is InChI=1S/C30H43NO3/c1-29-19-17-25-23(14-16-26-30(25,2)20-18-27(32)31(26)3)24(29)15-13-21(29)9-7-8-12-28(33)34-22-10-5-4-6-11-22/h4-6,10-11,21,23-26H,7-9,12-20H2,1-3H3/t21?,23-,24-,25+,26?,29+,30+/m0/s1. The number of hydrogen-bond donors (Lipinski definition) is 0. The number of unbranched alkanes of at least 4 members (excludes halogenated alkanes) is 1. The summed E-state index contributed by atoms with van der Waals surface area (Å²) in [5.41, 5.74) is 0.773. The summed E-state index contributed by atoms with van der Waals surface area (Å²) in [7, 11) is 2.05. The zero-order valence-corrected chi connectivity index (χ0v) is 21.4. The number of carbonyl (C=O) groups is 2. The molecule has 1 amide bonds. The molecule has 0 N–H and O–H groups in total. The first-order valence-electron chi connectivity index (χ1n) is 13.8.